The van der Waals surface area contributed by atoms with E-state index in [1.807, 2.05) is 6.07 Å². The molecule has 0 N–H and O–H groups in total. The van der Waals surface area contributed by atoms with E-state index in [1.165, 1.54) is 0 Å². The van der Waals surface area contributed by atoms with Crippen LogP contribution in [0.25, 0.3) is 0 Å². The normalized spacial score (nSPS) is 20.3. The average molecular weight is 340 g/mol. The molecule has 1 unspecified atom stereocenters. The maximum Gasteiger partial charge on any atom is 0.142 e. The van der Waals surface area contributed by atoms with Gasteiger partial charge in [0, 0.05) is 22.5 Å². The smallest absolute Gasteiger partial charge is 0.142 e. The maximum absolute atomic E-state index is 6.16. The van der Waals surface area contributed by atoms with E-state index in [0.29, 0.717) is 27.7 Å². The number of hydrogen-bond acceptors (Lipinski definition) is 2. The van der Waals surface area contributed by atoms with Gasteiger partial charge < -0.3 is 9.47 Å². The molecule has 0 radical (unpaired) electrons. The lowest BCUT2D eigenvalue weighted by Crippen LogP contribution is -2.28. The Morgan fingerprint density at radius 3 is 2.88 bits per heavy atom. The first-order valence-corrected chi connectivity index (χ1v) is 7.36. The molecule has 1 aromatic rings. The van der Waals surface area contributed by atoms with E-state index in [0.717, 1.165) is 25.0 Å². The topological polar surface area (TPSA) is 18.5 Å². The van der Waals surface area contributed by atoms with E-state index in [1.54, 1.807) is 6.07 Å². The van der Waals surface area contributed by atoms with Gasteiger partial charge in [0.2, 0.25) is 0 Å². The van der Waals surface area contributed by atoms with Crippen molar-refractivity contribution in [3.8, 4) is 5.75 Å². The van der Waals surface area contributed by atoms with Gasteiger partial charge in [-0.1, -0.05) is 39.1 Å². The van der Waals surface area contributed by atoms with Crippen molar-refractivity contribution in [2.24, 2.45) is 0 Å². The summed E-state index contributed by atoms with van der Waals surface area (Å²) in [6.45, 7) is 1.44. The highest BCUT2D eigenvalue weighted by Crippen LogP contribution is 2.35. The van der Waals surface area contributed by atoms with E-state index in [-0.39, 0.29) is 6.10 Å². The van der Waals surface area contributed by atoms with Crippen molar-refractivity contribution in [3.63, 3.8) is 0 Å². The van der Waals surface area contributed by atoms with Gasteiger partial charge in [-0.15, -0.1) is 0 Å². The number of rotatable bonds is 3. The molecule has 1 fully saturated rings. The number of halogens is 3. The zero-order valence-electron chi connectivity index (χ0n) is 9.22. The Kier molecular flexibility index (Phi) is 4.97. The van der Waals surface area contributed by atoms with Gasteiger partial charge in [-0.05, 0) is 25.0 Å². The lowest BCUT2D eigenvalue weighted by atomic mass is 10.1. The Balaban J connectivity index is 2.18. The summed E-state index contributed by atoms with van der Waals surface area (Å²) in [5.41, 5.74) is 0.966. The van der Waals surface area contributed by atoms with Gasteiger partial charge in [0.15, 0.2) is 0 Å². The van der Waals surface area contributed by atoms with Crippen LogP contribution in [0.2, 0.25) is 10.0 Å². The van der Waals surface area contributed by atoms with Gasteiger partial charge in [-0.25, -0.2) is 0 Å². The van der Waals surface area contributed by atoms with E-state index in [2.05, 4.69) is 15.9 Å². The molecule has 5 heteroatoms. The van der Waals surface area contributed by atoms with Crippen LogP contribution in [0.15, 0.2) is 12.1 Å². The molecular formula is C12H13BrCl2O2. The van der Waals surface area contributed by atoms with Crippen molar-refractivity contribution in [1.82, 2.24) is 0 Å². The summed E-state index contributed by atoms with van der Waals surface area (Å²) in [5.74, 6) is 0.712. The summed E-state index contributed by atoms with van der Waals surface area (Å²) in [6.07, 6.45) is 2.11. The highest BCUT2D eigenvalue weighted by Gasteiger charge is 2.19. The summed E-state index contributed by atoms with van der Waals surface area (Å²) in [5, 5.41) is 1.84. The van der Waals surface area contributed by atoms with Crippen LogP contribution in [0.3, 0.4) is 0 Å². The van der Waals surface area contributed by atoms with Crippen LogP contribution in [0.5, 0.6) is 5.75 Å². The SMILES string of the molecule is Clc1cc(Cl)c(OC2CCCOC2)c(CBr)c1. The van der Waals surface area contributed by atoms with Crippen LogP contribution in [-0.4, -0.2) is 19.3 Å². The summed E-state index contributed by atoms with van der Waals surface area (Å²) < 4.78 is 11.3. The third kappa shape index (κ3) is 3.50. The zero-order valence-corrected chi connectivity index (χ0v) is 12.3. The third-order valence-corrected chi connectivity index (χ3v) is 3.74. The Labute approximate surface area is 119 Å². The molecule has 94 valence electrons. The Bertz CT molecular complexity index is 392. The van der Waals surface area contributed by atoms with Crippen LogP contribution in [0.4, 0.5) is 0 Å². The van der Waals surface area contributed by atoms with Gasteiger partial charge in [-0.2, -0.15) is 0 Å². The minimum Gasteiger partial charge on any atom is -0.486 e. The molecule has 0 saturated carbocycles. The molecule has 17 heavy (non-hydrogen) atoms. The molecule has 1 aliphatic heterocycles. The molecule has 1 saturated heterocycles. The molecule has 0 aliphatic carbocycles. The quantitative estimate of drug-likeness (QED) is 0.757. The first kappa shape index (κ1) is 13.5. The second-order valence-corrected chi connectivity index (χ2v) is 5.37. The van der Waals surface area contributed by atoms with Crippen molar-refractivity contribution in [1.29, 1.82) is 0 Å². The minimum atomic E-state index is 0.0835. The molecule has 0 amide bonds. The first-order chi connectivity index (χ1) is 8.20. The Morgan fingerprint density at radius 1 is 1.41 bits per heavy atom. The summed E-state index contributed by atoms with van der Waals surface area (Å²) in [7, 11) is 0. The Hall–Kier alpha value is 0.0400. The lowest BCUT2D eigenvalue weighted by molar-refractivity contribution is 0.00718. The van der Waals surface area contributed by atoms with Crippen LogP contribution in [0, 0.1) is 0 Å². The van der Waals surface area contributed by atoms with Crippen LogP contribution in [-0.2, 0) is 10.1 Å². The molecule has 0 spiro atoms. The predicted octanol–water partition coefficient (Wildman–Crippen LogP) is 4.45. The van der Waals surface area contributed by atoms with Crippen LogP contribution >= 0.6 is 39.1 Å². The van der Waals surface area contributed by atoms with E-state index < -0.39 is 0 Å². The second kappa shape index (κ2) is 6.28. The molecule has 1 atom stereocenters. The fraction of sp³-hybridized carbons (Fsp3) is 0.500. The number of benzene rings is 1. The average Bonchev–Trinajstić information content (AvgIpc) is 2.33. The van der Waals surface area contributed by atoms with E-state index in [9.17, 15) is 0 Å². The first-order valence-electron chi connectivity index (χ1n) is 5.49. The van der Waals surface area contributed by atoms with Gasteiger partial charge in [0.25, 0.3) is 0 Å². The maximum atomic E-state index is 6.16. The molecule has 2 nitrogen and oxygen atoms in total. The lowest BCUT2D eigenvalue weighted by Gasteiger charge is -2.25. The number of ether oxygens (including phenoxy) is 2. The summed E-state index contributed by atoms with van der Waals surface area (Å²) in [4.78, 5) is 0. The van der Waals surface area contributed by atoms with Crippen LogP contribution in [0.1, 0.15) is 18.4 Å². The molecule has 0 bridgehead atoms. The van der Waals surface area contributed by atoms with E-state index >= 15 is 0 Å². The molecule has 1 heterocycles. The summed E-state index contributed by atoms with van der Waals surface area (Å²) >= 11 is 15.5. The van der Waals surface area contributed by atoms with Gasteiger partial charge in [0.1, 0.15) is 11.9 Å². The van der Waals surface area contributed by atoms with Crippen molar-refractivity contribution in [2.75, 3.05) is 13.2 Å². The predicted molar refractivity (Wildman–Crippen MR) is 73.6 cm³/mol. The molecular weight excluding hydrogens is 327 g/mol. The molecule has 1 aliphatic rings. The third-order valence-electron chi connectivity index (χ3n) is 2.63. The fourth-order valence-corrected chi connectivity index (χ4v) is 2.81. The number of hydrogen-bond donors (Lipinski definition) is 0. The van der Waals surface area contributed by atoms with Gasteiger partial charge >= 0.3 is 0 Å². The second-order valence-electron chi connectivity index (χ2n) is 3.97. The van der Waals surface area contributed by atoms with Gasteiger partial charge in [0.05, 0.1) is 11.6 Å². The van der Waals surface area contributed by atoms with Crippen molar-refractivity contribution in [2.45, 2.75) is 24.3 Å². The largest absolute Gasteiger partial charge is 0.486 e. The number of alkyl halides is 1. The summed E-state index contributed by atoms with van der Waals surface area (Å²) in [6, 6.07) is 3.56. The minimum absolute atomic E-state index is 0.0835. The van der Waals surface area contributed by atoms with Crippen molar-refractivity contribution in [3.05, 3.63) is 27.7 Å². The highest BCUT2D eigenvalue weighted by atomic mass is 79.9. The highest BCUT2D eigenvalue weighted by molar-refractivity contribution is 9.08. The molecule has 2 rings (SSSR count). The monoisotopic (exact) mass is 338 g/mol. The standard InChI is InChI=1S/C12H13BrCl2O2/c13-6-8-4-9(14)5-11(15)12(8)17-10-2-1-3-16-7-10/h4-5,10H,1-3,6-7H2. The Morgan fingerprint density at radius 2 is 2.24 bits per heavy atom. The fourth-order valence-electron chi connectivity index (χ4n) is 1.82. The van der Waals surface area contributed by atoms with Gasteiger partial charge in [-0.3, -0.25) is 0 Å². The molecule has 1 aromatic carbocycles. The van der Waals surface area contributed by atoms with Crippen molar-refractivity contribution < 1.29 is 9.47 Å². The zero-order chi connectivity index (χ0) is 12.3. The van der Waals surface area contributed by atoms with E-state index in [4.69, 9.17) is 32.7 Å². The van der Waals surface area contributed by atoms with Crippen molar-refractivity contribution >= 4 is 39.1 Å². The van der Waals surface area contributed by atoms with Crippen LogP contribution < -0.4 is 4.74 Å². The molecule has 0 aromatic heterocycles.